The number of nitrogens with one attached hydrogen (secondary N) is 1. The highest BCUT2D eigenvalue weighted by molar-refractivity contribution is 6.36. The van der Waals surface area contributed by atoms with Crippen LogP contribution in [0.4, 0.5) is 0 Å². The standard InChI is InChI=1S/C32H38Cl2N2O2/c1-22(2)35-31(38)29(20-24-10-7-6-8-11-24)36(21-26-27(33)12-9-13-28(26)34)30(37)19-16-23-14-17-25(18-15-23)32(3,4)5/h6-15,17-18,22,29H,16,19-21H2,1-5H3,(H,35,38)/t29-/m1/s1. The Bertz CT molecular complexity index is 1200. The summed E-state index contributed by atoms with van der Waals surface area (Å²) in [5.74, 6) is -0.323. The molecule has 0 spiro atoms. The number of nitrogens with zero attached hydrogens (tertiary/aromatic N) is 1. The van der Waals surface area contributed by atoms with Crippen molar-refractivity contribution in [3.8, 4) is 0 Å². The van der Waals surface area contributed by atoms with Gasteiger partial charge in [0, 0.05) is 41.0 Å². The van der Waals surface area contributed by atoms with Gasteiger partial charge in [0.2, 0.25) is 11.8 Å². The first-order chi connectivity index (χ1) is 18.0. The van der Waals surface area contributed by atoms with E-state index in [4.69, 9.17) is 23.2 Å². The molecule has 4 nitrogen and oxygen atoms in total. The average Bonchev–Trinajstić information content (AvgIpc) is 2.86. The molecule has 0 aliphatic heterocycles. The molecular weight excluding hydrogens is 515 g/mol. The van der Waals surface area contributed by atoms with E-state index in [0.29, 0.717) is 28.5 Å². The maximum absolute atomic E-state index is 13.9. The minimum atomic E-state index is -0.720. The SMILES string of the molecule is CC(C)NC(=O)[C@@H](Cc1ccccc1)N(Cc1c(Cl)cccc1Cl)C(=O)CCc1ccc(C(C)(C)C)cc1. The van der Waals surface area contributed by atoms with Gasteiger partial charge in [-0.3, -0.25) is 9.59 Å². The first kappa shape index (κ1) is 29.7. The van der Waals surface area contributed by atoms with Crippen LogP contribution in [0.1, 0.15) is 63.3 Å². The van der Waals surface area contributed by atoms with Crippen LogP contribution >= 0.6 is 23.2 Å². The van der Waals surface area contributed by atoms with Gasteiger partial charge in [0.1, 0.15) is 6.04 Å². The van der Waals surface area contributed by atoms with Crippen LogP contribution in [0.15, 0.2) is 72.8 Å². The van der Waals surface area contributed by atoms with E-state index in [1.54, 1.807) is 23.1 Å². The van der Waals surface area contributed by atoms with E-state index >= 15 is 0 Å². The molecule has 6 heteroatoms. The molecule has 0 saturated carbocycles. The van der Waals surface area contributed by atoms with Gasteiger partial charge >= 0.3 is 0 Å². The van der Waals surface area contributed by atoms with Crippen LogP contribution in [0, 0.1) is 0 Å². The van der Waals surface area contributed by atoms with Crippen molar-refractivity contribution >= 4 is 35.0 Å². The third kappa shape index (κ3) is 8.34. The molecule has 3 aromatic carbocycles. The molecule has 202 valence electrons. The zero-order valence-corrected chi connectivity index (χ0v) is 24.4. The van der Waals surface area contributed by atoms with E-state index in [2.05, 4.69) is 50.4 Å². The molecule has 0 saturated heterocycles. The van der Waals surface area contributed by atoms with Gasteiger partial charge in [0.25, 0.3) is 0 Å². The Morgan fingerprint density at radius 2 is 1.45 bits per heavy atom. The summed E-state index contributed by atoms with van der Waals surface area (Å²) in [4.78, 5) is 29.0. The van der Waals surface area contributed by atoms with Gasteiger partial charge in [-0.15, -0.1) is 0 Å². The predicted molar refractivity (Wildman–Crippen MR) is 158 cm³/mol. The number of carbonyl (C=O) groups is 2. The van der Waals surface area contributed by atoms with Gasteiger partial charge in [-0.25, -0.2) is 0 Å². The fourth-order valence-corrected chi connectivity index (χ4v) is 4.87. The van der Waals surface area contributed by atoms with Crippen LogP contribution in [0.25, 0.3) is 0 Å². The van der Waals surface area contributed by atoms with Crippen molar-refractivity contribution in [1.82, 2.24) is 10.2 Å². The van der Waals surface area contributed by atoms with E-state index in [9.17, 15) is 9.59 Å². The van der Waals surface area contributed by atoms with Gasteiger partial charge < -0.3 is 10.2 Å². The molecule has 0 unspecified atom stereocenters. The van der Waals surface area contributed by atoms with Crippen molar-refractivity contribution in [3.63, 3.8) is 0 Å². The van der Waals surface area contributed by atoms with E-state index in [1.165, 1.54) is 5.56 Å². The molecule has 1 atom stereocenters. The Balaban J connectivity index is 1.92. The Labute approximate surface area is 237 Å². The largest absolute Gasteiger partial charge is 0.352 e. The summed E-state index contributed by atoms with van der Waals surface area (Å²) >= 11 is 13.0. The van der Waals surface area contributed by atoms with Gasteiger partial charge in [0.05, 0.1) is 0 Å². The number of carbonyl (C=O) groups excluding carboxylic acids is 2. The van der Waals surface area contributed by atoms with Crippen molar-refractivity contribution in [2.45, 2.75) is 77.9 Å². The monoisotopic (exact) mass is 552 g/mol. The highest BCUT2D eigenvalue weighted by Gasteiger charge is 2.31. The third-order valence-corrected chi connectivity index (χ3v) is 7.25. The zero-order chi connectivity index (χ0) is 27.9. The van der Waals surface area contributed by atoms with Gasteiger partial charge in [-0.05, 0) is 54.5 Å². The van der Waals surface area contributed by atoms with Crippen LogP contribution in [0.3, 0.4) is 0 Å². The lowest BCUT2D eigenvalue weighted by molar-refractivity contribution is -0.141. The zero-order valence-electron chi connectivity index (χ0n) is 22.9. The van der Waals surface area contributed by atoms with E-state index in [0.717, 1.165) is 11.1 Å². The second-order valence-electron chi connectivity index (χ2n) is 11.0. The number of halogens is 2. The molecule has 3 rings (SSSR count). The number of amides is 2. The first-order valence-corrected chi connectivity index (χ1v) is 13.9. The van der Waals surface area contributed by atoms with Crippen molar-refractivity contribution in [1.29, 1.82) is 0 Å². The van der Waals surface area contributed by atoms with Crippen LogP contribution in [0.2, 0.25) is 10.0 Å². The minimum Gasteiger partial charge on any atom is -0.352 e. The summed E-state index contributed by atoms with van der Waals surface area (Å²) in [6.45, 7) is 10.5. The number of aryl methyl sites for hydroxylation is 1. The molecule has 0 fully saturated rings. The van der Waals surface area contributed by atoms with Crippen LogP contribution in [-0.2, 0) is 34.4 Å². The molecule has 38 heavy (non-hydrogen) atoms. The molecule has 0 heterocycles. The Morgan fingerprint density at radius 3 is 2.00 bits per heavy atom. The molecule has 1 N–H and O–H groups in total. The smallest absolute Gasteiger partial charge is 0.243 e. The maximum atomic E-state index is 13.9. The number of benzene rings is 3. The lowest BCUT2D eigenvalue weighted by Gasteiger charge is -2.32. The van der Waals surface area contributed by atoms with E-state index < -0.39 is 6.04 Å². The maximum Gasteiger partial charge on any atom is 0.243 e. The van der Waals surface area contributed by atoms with Crippen LogP contribution in [-0.4, -0.2) is 28.8 Å². The Hall–Kier alpha value is -2.82. The molecule has 0 aliphatic carbocycles. The van der Waals surface area contributed by atoms with Crippen LogP contribution in [0.5, 0.6) is 0 Å². The Morgan fingerprint density at radius 1 is 0.842 bits per heavy atom. The molecular formula is C32H38Cl2N2O2. The van der Waals surface area contributed by atoms with Crippen molar-refractivity contribution in [2.24, 2.45) is 0 Å². The number of hydrogen-bond donors (Lipinski definition) is 1. The minimum absolute atomic E-state index is 0.0633. The predicted octanol–water partition coefficient (Wildman–Crippen LogP) is 7.39. The average molecular weight is 554 g/mol. The molecule has 0 aliphatic rings. The summed E-state index contributed by atoms with van der Waals surface area (Å²) < 4.78 is 0. The van der Waals surface area contributed by atoms with Crippen molar-refractivity contribution in [3.05, 3.63) is 105 Å². The third-order valence-electron chi connectivity index (χ3n) is 6.54. The number of hydrogen-bond acceptors (Lipinski definition) is 2. The summed E-state index contributed by atoms with van der Waals surface area (Å²) in [5.41, 5.74) is 3.99. The summed E-state index contributed by atoms with van der Waals surface area (Å²) in [7, 11) is 0. The fourth-order valence-electron chi connectivity index (χ4n) is 4.35. The topological polar surface area (TPSA) is 49.4 Å². The van der Waals surface area contributed by atoms with Gasteiger partial charge in [0.15, 0.2) is 0 Å². The van der Waals surface area contributed by atoms with Crippen molar-refractivity contribution in [2.75, 3.05) is 0 Å². The van der Waals surface area contributed by atoms with E-state index in [-0.39, 0.29) is 36.2 Å². The Kier molecular flexibility index (Phi) is 10.4. The summed E-state index contributed by atoms with van der Waals surface area (Å²) in [6.07, 6.45) is 1.21. The molecule has 2 amide bonds. The fraction of sp³-hybridized carbons (Fsp3) is 0.375. The quantitative estimate of drug-likeness (QED) is 0.285. The van der Waals surface area contributed by atoms with Crippen molar-refractivity contribution < 1.29 is 9.59 Å². The first-order valence-electron chi connectivity index (χ1n) is 13.1. The molecule has 0 bridgehead atoms. The summed E-state index contributed by atoms with van der Waals surface area (Å²) in [5, 5.41) is 3.95. The lowest BCUT2D eigenvalue weighted by Crippen LogP contribution is -2.51. The van der Waals surface area contributed by atoms with Gasteiger partial charge in [-0.1, -0.05) is 105 Å². The molecule has 0 radical (unpaired) electrons. The van der Waals surface area contributed by atoms with Gasteiger partial charge in [-0.2, -0.15) is 0 Å². The highest BCUT2D eigenvalue weighted by atomic mass is 35.5. The molecule has 3 aromatic rings. The second-order valence-corrected chi connectivity index (χ2v) is 11.9. The molecule has 0 aromatic heterocycles. The highest BCUT2D eigenvalue weighted by Crippen LogP contribution is 2.28. The number of rotatable bonds is 10. The van der Waals surface area contributed by atoms with Crippen LogP contribution < -0.4 is 5.32 Å². The normalized spacial score (nSPS) is 12.3. The second kappa shape index (κ2) is 13.3. The van der Waals surface area contributed by atoms with E-state index in [1.807, 2.05) is 44.2 Å². The summed E-state index contributed by atoms with van der Waals surface area (Å²) in [6, 6.07) is 22.6. The lowest BCUT2D eigenvalue weighted by atomic mass is 9.86.